The molecule has 0 amide bonds. The van der Waals surface area contributed by atoms with Gasteiger partial charge in [0, 0.05) is 12.6 Å². The standard InChI is InChI=1S/C31H33N5O2S/c1-22-10-9-13-26(20-22)32-34-30(23(2)37)39-31-35-33-29(36(31)27-14-7-4-8-15-27)21-38-28-18-16-25(17-19-28)24-11-5-3-6-12-24/h4,7-10,13-20,24,32H,3,5-6,11-12,21H2,1-2H3. The van der Waals surface area contributed by atoms with Crippen LogP contribution in [-0.4, -0.2) is 25.6 Å². The van der Waals surface area contributed by atoms with Crippen LogP contribution < -0.4 is 10.2 Å². The molecule has 200 valence electrons. The largest absolute Gasteiger partial charge is 0.486 e. The van der Waals surface area contributed by atoms with Gasteiger partial charge < -0.3 is 4.74 Å². The number of aryl methyl sites for hydroxylation is 1. The second kappa shape index (κ2) is 12.8. The van der Waals surface area contributed by atoms with Gasteiger partial charge in [0.1, 0.15) is 12.4 Å². The van der Waals surface area contributed by atoms with Crippen LogP contribution in [0.2, 0.25) is 0 Å². The van der Waals surface area contributed by atoms with Gasteiger partial charge in [-0.15, -0.1) is 10.2 Å². The van der Waals surface area contributed by atoms with Crippen molar-refractivity contribution in [2.24, 2.45) is 5.10 Å². The Morgan fingerprint density at radius 1 is 1.00 bits per heavy atom. The van der Waals surface area contributed by atoms with Crippen LogP contribution in [-0.2, 0) is 11.4 Å². The number of nitrogens with zero attached hydrogens (tertiary/aromatic N) is 4. The molecule has 8 heteroatoms. The first-order valence-corrected chi connectivity index (χ1v) is 14.2. The molecule has 5 rings (SSSR count). The highest BCUT2D eigenvalue weighted by atomic mass is 32.2. The zero-order valence-corrected chi connectivity index (χ0v) is 23.2. The Balaban J connectivity index is 1.35. The summed E-state index contributed by atoms with van der Waals surface area (Å²) in [7, 11) is 0. The Kier molecular flexibility index (Phi) is 8.73. The minimum atomic E-state index is -0.168. The van der Waals surface area contributed by atoms with Crippen molar-refractivity contribution in [1.29, 1.82) is 0 Å². The van der Waals surface area contributed by atoms with E-state index in [0.717, 1.165) is 22.7 Å². The van der Waals surface area contributed by atoms with Crippen molar-refractivity contribution in [3.63, 3.8) is 0 Å². The van der Waals surface area contributed by atoms with Crippen molar-refractivity contribution >= 4 is 28.3 Å². The summed E-state index contributed by atoms with van der Waals surface area (Å²) in [6.45, 7) is 3.74. The molecule has 1 aromatic heterocycles. The fourth-order valence-corrected chi connectivity index (χ4v) is 5.60. The minimum absolute atomic E-state index is 0.168. The number of para-hydroxylation sites is 1. The number of ketones is 1. The maximum atomic E-state index is 12.5. The number of nitrogens with one attached hydrogen (secondary N) is 1. The molecule has 0 saturated heterocycles. The van der Waals surface area contributed by atoms with E-state index in [1.54, 1.807) is 0 Å². The molecule has 1 aliphatic rings. The molecular formula is C31H33N5O2S. The third-order valence-electron chi connectivity index (χ3n) is 6.83. The molecule has 0 spiro atoms. The van der Waals surface area contributed by atoms with E-state index in [9.17, 15) is 4.79 Å². The van der Waals surface area contributed by atoms with Gasteiger partial charge >= 0.3 is 0 Å². The van der Waals surface area contributed by atoms with Gasteiger partial charge in [-0.25, -0.2) is 0 Å². The molecule has 4 aromatic rings. The molecular weight excluding hydrogens is 506 g/mol. The maximum Gasteiger partial charge on any atom is 0.202 e. The molecule has 1 saturated carbocycles. The fraction of sp³-hybridized carbons (Fsp3) is 0.290. The summed E-state index contributed by atoms with van der Waals surface area (Å²) in [6, 6.07) is 26.1. The summed E-state index contributed by atoms with van der Waals surface area (Å²) < 4.78 is 8.05. The molecule has 1 aliphatic carbocycles. The molecule has 39 heavy (non-hydrogen) atoms. The molecule has 1 N–H and O–H groups in total. The second-order valence-corrected chi connectivity index (χ2v) is 10.8. The Hall–Kier alpha value is -3.91. The lowest BCUT2D eigenvalue weighted by atomic mass is 9.84. The van der Waals surface area contributed by atoms with Crippen molar-refractivity contribution in [3.05, 3.63) is 95.8 Å². The van der Waals surface area contributed by atoms with Crippen LogP contribution in [0.4, 0.5) is 5.69 Å². The molecule has 0 radical (unpaired) electrons. The number of hydrogen-bond donors (Lipinski definition) is 1. The molecule has 0 bridgehead atoms. The number of carbonyl (C=O) groups is 1. The van der Waals surface area contributed by atoms with Crippen LogP contribution in [0.15, 0.2) is 89.1 Å². The summed E-state index contributed by atoms with van der Waals surface area (Å²) >= 11 is 1.17. The van der Waals surface area contributed by atoms with E-state index in [1.165, 1.54) is 56.4 Å². The van der Waals surface area contributed by atoms with Gasteiger partial charge in [-0.2, -0.15) is 5.10 Å². The predicted molar refractivity (Wildman–Crippen MR) is 157 cm³/mol. The Morgan fingerprint density at radius 2 is 1.77 bits per heavy atom. The van der Waals surface area contributed by atoms with Gasteiger partial charge in [0.2, 0.25) is 5.16 Å². The van der Waals surface area contributed by atoms with Crippen molar-refractivity contribution in [2.45, 2.75) is 63.6 Å². The molecule has 0 atom stereocenters. The summed E-state index contributed by atoms with van der Waals surface area (Å²) in [5, 5.41) is 14.0. The SMILES string of the molecule is CC(=O)C(=NNc1cccc(C)c1)Sc1nnc(COc2ccc(C3CCCCC3)cc2)n1-c1ccccc1. The number of benzene rings is 3. The minimum Gasteiger partial charge on any atom is -0.486 e. The van der Waals surface area contributed by atoms with Gasteiger partial charge in [-0.1, -0.05) is 61.7 Å². The number of thioether (sulfide) groups is 1. The number of carbonyl (C=O) groups excluding carboxylic acids is 1. The van der Waals surface area contributed by atoms with E-state index in [0.29, 0.717) is 16.9 Å². The quantitative estimate of drug-likeness (QED) is 0.104. The number of ether oxygens (including phenoxy) is 1. The van der Waals surface area contributed by atoms with E-state index in [2.05, 4.69) is 32.9 Å². The molecule has 7 nitrogen and oxygen atoms in total. The molecule has 3 aromatic carbocycles. The second-order valence-electron chi connectivity index (χ2n) is 9.82. The molecule has 0 unspecified atom stereocenters. The van der Waals surface area contributed by atoms with Crippen LogP contribution in [0.3, 0.4) is 0 Å². The summed E-state index contributed by atoms with van der Waals surface area (Å²) in [4.78, 5) is 12.5. The fourth-order valence-electron chi connectivity index (χ4n) is 4.81. The van der Waals surface area contributed by atoms with Crippen LogP contribution >= 0.6 is 11.8 Å². The highest BCUT2D eigenvalue weighted by Gasteiger charge is 2.20. The normalized spacial score (nSPS) is 14.3. The van der Waals surface area contributed by atoms with Gasteiger partial charge in [-0.3, -0.25) is 14.8 Å². The smallest absolute Gasteiger partial charge is 0.202 e. The number of aromatic nitrogens is 3. The lowest BCUT2D eigenvalue weighted by Gasteiger charge is -2.22. The topological polar surface area (TPSA) is 81.4 Å². The first-order valence-electron chi connectivity index (χ1n) is 13.4. The van der Waals surface area contributed by atoms with Crippen LogP contribution in [0.25, 0.3) is 5.69 Å². The van der Waals surface area contributed by atoms with Gasteiger partial charge in [-0.05, 0) is 85.0 Å². The summed E-state index contributed by atoms with van der Waals surface area (Å²) in [5.41, 5.74) is 7.17. The van der Waals surface area contributed by atoms with Crippen molar-refractivity contribution in [2.75, 3.05) is 5.43 Å². The number of hydrogen-bond acceptors (Lipinski definition) is 7. The first-order chi connectivity index (χ1) is 19.1. The number of rotatable bonds is 9. The lowest BCUT2D eigenvalue weighted by molar-refractivity contribution is -0.110. The van der Waals surface area contributed by atoms with Crippen molar-refractivity contribution in [1.82, 2.24) is 14.8 Å². The Bertz CT molecular complexity index is 1430. The van der Waals surface area contributed by atoms with Crippen molar-refractivity contribution < 1.29 is 9.53 Å². The van der Waals surface area contributed by atoms with Crippen LogP contribution in [0, 0.1) is 6.92 Å². The average molecular weight is 540 g/mol. The average Bonchev–Trinajstić information content (AvgIpc) is 3.37. The third kappa shape index (κ3) is 6.95. The third-order valence-corrected chi connectivity index (χ3v) is 7.85. The molecule has 0 aliphatic heterocycles. The molecule has 1 fully saturated rings. The number of Topliss-reactive ketones (excluding diaryl/α,β-unsaturated/α-hetero) is 1. The van der Waals surface area contributed by atoms with Gasteiger partial charge in [0.05, 0.1) is 5.69 Å². The lowest BCUT2D eigenvalue weighted by Crippen LogP contribution is -2.11. The van der Waals surface area contributed by atoms with Crippen LogP contribution in [0.5, 0.6) is 5.75 Å². The maximum absolute atomic E-state index is 12.5. The van der Waals surface area contributed by atoms with E-state index in [1.807, 2.05) is 78.2 Å². The zero-order valence-electron chi connectivity index (χ0n) is 22.3. The monoisotopic (exact) mass is 539 g/mol. The summed E-state index contributed by atoms with van der Waals surface area (Å²) in [6.07, 6.45) is 6.52. The van der Waals surface area contributed by atoms with Crippen LogP contribution in [0.1, 0.15) is 61.9 Å². The van der Waals surface area contributed by atoms with Gasteiger partial charge in [0.15, 0.2) is 16.7 Å². The van der Waals surface area contributed by atoms with E-state index in [4.69, 9.17) is 4.74 Å². The zero-order chi connectivity index (χ0) is 27.0. The Labute approximate surface area is 233 Å². The Morgan fingerprint density at radius 3 is 2.49 bits per heavy atom. The molecule has 1 heterocycles. The van der Waals surface area contributed by atoms with E-state index >= 15 is 0 Å². The number of hydrazone groups is 1. The van der Waals surface area contributed by atoms with Crippen molar-refractivity contribution in [3.8, 4) is 11.4 Å². The highest BCUT2D eigenvalue weighted by molar-refractivity contribution is 8.15. The van der Waals surface area contributed by atoms with Gasteiger partial charge in [0.25, 0.3) is 0 Å². The number of anilines is 1. The first kappa shape index (κ1) is 26.7. The predicted octanol–water partition coefficient (Wildman–Crippen LogP) is 7.31. The van der Waals surface area contributed by atoms with E-state index in [-0.39, 0.29) is 17.4 Å². The summed E-state index contributed by atoms with van der Waals surface area (Å²) in [5.74, 6) is 1.92. The highest BCUT2D eigenvalue weighted by Crippen LogP contribution is 2.33. The van der Waals surface area contributed by atoms with E-state index < -0.39 is 0 Å².